The molecule has 2 amide bonds. The molecule has 3 aromatic rings. The highest BCUT2D eigenvalue weighted by atomic mass is 16.2. The average Bonchev–Trinajstić information content (AvgIpc) is 2.83. The summed E-state index contributed by atoms with van der Waals surface area (Å²) in [7, 11) is 0. The molecule has 0 bridgehead atoms. The lowest BCUT2D eigenvalue weighted by atomic mass is 10.1. The second-order valence-electron chi connectivity index (χ2n) is 7.57. The number of benzene rings is 1. The number of rotatable bonds is 9. The smallest absolute Gasteiger partial charge is 0.247 e. The van der Waals surface area contributed by atoms with Gasteiger partial charge in [-0.3, -0.25) is 9.59 Å². The van der Waals surface area contributed by atoms with Gasteiger partial charge in [-0.2, -0.15) is 0 Å². The first kappa shape index (κ1) is 22.9. The third-order valence-corrected chi connectivity index (χ3v) is 5.33. The van der Waals surface area contributed by atoms with Crippen LogP contribution in [-0.2, 0) is 29.2 Å². The van der Waals surface area contributed by atoms with Gasteiger partial charge in [0.25, 0.3) is 0 Å². The number of carbonyl (C=O) groups is 2. The Morgan fingerprint density at radius 1 is 0.938 bits per heavy atom. The molecule has 0 unspecified atom stereocenters. The minimum absolute atomic E-state index is 0.0276. The zero-order valence-corrected chi connectivity index (χ0v) is 18.7. The molecule has 0 aliphatic heterocycles. The van der Waals surface area contributed by atoms with Crippen molar-refractivity contribution in [3.8, 4) is 11.1 Å². The minimum atomic E-state index is -0.247. The highest BCUT2D eigenvalue weighted by molar-refractivity contribution is 5.98. The van der Waals surface area contributed by atoms with Gasteiger partial charge < -0.3 is 10.2 Å². The minimum Gasteiger partial charge on any atom is -0.332 e. The number of hydrogen-bond donors (Lipinski definition) is 1. The van der Waals surface area contributed by atoms with Gasteiger partial charge in [0.1, 0.15) is 6.54 Å². The summed E-state index contributed by atoms with van der Waals surface area (Å²) < 4.78 is 4.22. The number of anilines is 1. The van der Waals surface area contributed by atoms with Crippen molar-refractivity contribution >= 4 is 17.5 Å². The summed E-state index contributed by atoms with van der Waals surface area (Å²) in [6.07, 6.45) is 9.50. The molecule has 0 radical (unpaired) electrons. The molecule has 1 aromatic carbocycles. The number of hydrogen-bond acceptors (Lipinski definition) is 2. The second-order valence-corrected chi connectivity index (χ2v) is 7.57. The Morgan fingerprint density at radius 3 is 2.00 bits per heavy atom. The third kappa shape index (κ3) is 6.35. The van der Waals surface area contributed by atoms with E-state index < -0.39 is 0 Å². The number of carbonyl (C=O) groups excluding carboxylic acids is 2. The molecule has 3 rings (SSSR count). The van der Waals surface area contributed by atoms with Crippen molar-refractivity contribution in [3.05, 3.63) is 91.5 Å². The van der Waals surface area contributed by atoms with E-state index in [1.807, 2.05) is 41.6 Å². The topological polar surface area (TPSA) is 57.2 Å². The summed E-state index contributed by atoms with van der Waals surface area (Å²) in [6, 6.07) is 15.9. The molecule has 0 aliphatic rings. The molecule has 6 heteroatoms. The van der Waals surface area contributed by atoms with Crippen LogP contribution in [-0.4, -0.2) is 23.3 Å². The third-order valence-electron chi connectivity index (χ3n) is 5.33. The molecule has 0 fully saturated rings. The molecule has 2 heterocycles. The molecule has 0 saturated carbocycles. The van der Waals surface area contributed by atoms with Gasteiger partial charge in [0.15, 0.2) is 31.3 Å². The van der Waals surface area contributed by atoms with Crippen molar-refractivity contribution in [3.63, 3.8) is 0 Å². The summed E-state index contributed by atoms with van der Waals surface area (Å²) in [6.45, 7) is 9.94. The van der Waals surface area contributed by atoms with Crippen LogP contribution in [0.3, 0.4) is 0 Å². The quantitative estimate of drug-likeness (QED) is 0.419. The Labute approximate surface area is 189 Å². The van der Waals surface area contributed by atoms with Gasteiger partial charge in [-0.05, 0) is 41.8 Å². The van der Waals surface area contributed by atoms with E-state index in [2.05, 4.69) is 64.6 Å². The fourth-order valence-electron chi connectivity index (χ4n) is 3.35. The van der Waals surface area contributed by atoms with Gasteiger partial charge in [-0.1, -0.05) is 18.7 Å². The predicted molar refractivity (Wildman–Crippen MR) is 124 cm³/mol. The van der Waals surface area contributed by atoms with E-state index in [4.69, 9.17) is 0 Å². The van der Waals surface area contributed by atoms with Crippen LogP contribution in [0.1, 0.15) is 19.4 Å². The van der Waals surface area contributed by atoms with Crippen molar-refractivity contribution in [1.82, 2.24) is 4.90 Å². The maximum atomic E-state index is 12.2. The van der Waals surface area contributed by atoms with Crippen LogP contribution >= 0.6 is 0 Å². The Kier molecular flexibility index (Phi) is 7.86. The highest BCUT2D eigenvalue weighted by Crippen LogP contribution is 2.16. The van der Waals surface area contributed by atoms with Crippen molar-refractivity contribution in [2.45, 2.75) is 33.5 Å². The van der Waals surface area contributed by atoms with Crippen LogP contribution < -0.4 is 14.5 Å². The molecule has 0 atom stereocenters. The van der Waals surface area contributed by atoms with E-state index in [0.717, 1.165) is 17.7 Å². The maximum absolute atomic E-state index is 12.2. The second kappa shape index (κ2) is 11.0. The van der Waals surface area contributed by atoms with E-state index >= 15 is 0 Å². The van der Waals surface area contributed by atoms with Crippen molar-refractivity contribution in [1.29, 1.82) is 0 Å². The fraction of sp³-hybridized carbons (Fsp3) is 0.231. The van der Waals surface area contributed by atoms with E-state index in [-0.39, 0.29) is 11.8 Å². The van der Waals surface area contributed by atoms with Crippen molar-refractivity contribution < 1.29 is 18.7 Å². The van der Waals surface area contributed by atoms with Crippen LogP contribution in [0.2, 0.25) is 0 Å². The number of aryl methyl sites for hydroxylation is 1. The molecule has 1 N–H and O–H groups in total. The normalized spacial score (nSPS) is 10.4. The summed E-state index contributed by atoms with van der Waals surface area (Å²) >= 11 is 0. The molecule has 164 valence electrons. The average molecular weight is 431 g/mol. The first-order chi connectivity index (χ1) is 15.5. The van der Waals surface area contributed by atoms with E-state index in [1.165, 1.54) is 11.6 Å². The van der Waals surface area contributed by atoms with E-state index in [1.54, 1.807) is 6.92 Å². The number of aromatic nitrogens is 2. The van der Waals surface area contributed by atoms with Crippen molar-refractivity contribution in [2.75, 3.05) is 11.9 Å². The van der Waals surface area contributed by atoms with E-state index in [9.17, 15) is 9.59 Å². The molecule has 0 spiro atoms. The Balaban J connectivity index is 1.58. The summed E-state index contributed by atoms with van der Waals surface area (Å²) in [5, 5.41) is 2.72. The van der Waals surface area contributed by atoms with Gasteiger partial charge in [0.2, 0.25) is 11.8 Å². The predicted octanol–water partition coefficient (Wildman–Crippen LogP) is 3.12. The Hall–Kier alpha value is -3.80. The van der Waals surface area contributed by atoms with Crippen LogP contribution in [0.4, 0.5) is 5.69 Å². The first-order valence-corrected chi connectivity index (χ1v) is 10.7. The van der Waals surface area contributed by atoms with Crippen LogP contribution in [0.15, 0.2) is 86.0 Å². The standard InChI is InChI=1S/C26H29N4O2/c1-4-26(32)27-25-8-6-22(7-9-25)20-30(21(3)31)19-18-29-16-12-24(13-17-29)23-10-14-28(5-2)15-11-23/h4,6-17H,1,5,18-20H2,2-3H3/q+1/p+1. The van der Waals surface area contributed by atoms with E-state index in [0.29, 0.717) is 25.3 Å². The molecule has 6 nitrogen and oxygen atoms in total. The molecular formula is C26H30N4O2+2. The lowest BCUT2D eigenvalue weighted by Crippen LogP contribution is -2.41. The lowest BCUT2D eigenvalue weighted by Gasteiger charge is -2.20. The van der Waals surface area contributed by atoms with Crippen LogP contribution in [0, 0.1) is 0 Å². The van der Waals surface area contributed by atoms with Gasteiger partial charge in [-0.15, -0.1) is 0 Å². The molecule has 32 heavy (non-hydrogen) atoms. The zero-order valence-electron chi connectivity index (χ0n) is 18.7. The highest BCUT2D eigenvalue weighted by Gasteiger charge is 2.13. The van der Waals surface area contributed by atoms with Gasteiger partial charge in [-0.25, -0.2) is 9.13 Å². The van der Waals surface area contributed by atoms with Gasteiger partial charge in [0, 0.05) is 43.4 Å². The first-order valence-electron chi connectivity index (χ1n) is 10.7. The zero-order chi connectivity index (χ0) is 22.9. The lowest BCUT2D eigenvalue weighted by molar-refractivity contribution is -0.696. The molecule has 0 saturated heterocycles. The SMILES string of the molecule is C=CC(=O)Nc1ccc(CN(CC[n+]2ccc(-c3cc[n+](CC)cc3)cc2)C(C)=O)cc1. The molecule has 0 aliphatic carbocycles. The number of pyridine rings is 2. The van der Waals surface area contributed by atoms with Crippen LogP contribution in [0.25, 0.3) is 11.1 Å². The van der Waals surface area contributed by atoms with Crippen molar-refractivity contribution in [2.24, 2.45) is 0 Å². The maximum Gasteiger partial charge on any atom is 0.247 e. The summed E-state index contributed by atoms with van der Waals surface area (Å²) in [5.41, 5.74) is 4.05. The number of nitrogens with one attached hydrogen (secondary N) is 1. The number of amides is 2. The Bertz CT molecular complexity index is 1060. The monoisotopic (exact) mass is 430 g/mol. The largest absolute Gasteiger partial charge is 0.332 e. The Morgan fingerprint density at radius 2 is 1.50 bits per heavy atom. The molecular weight excluding hydrogens is 400 g/mol. The van der Waals surface area contributed by atoms with Crippen LogP contribution in [0.5, 0.6) is 0 Å². The van der Waals surface area contributed by atoms with Gasteiger partial charge in [0.05, 0.1) is 6.54 Å². The summed E-state index contributed by atoms with van der Waals surface area (Å²) in [5.74, 6) is -0.220. The fourth-order valence-corrected chi connectivity index (χ4v) is 3.35. The van der Waals surface area contributed by atoms with Gasteiger partial charge >= 0.3 is 0 Å². The number of nitrogens with zero attached hydrogens (tertiary/aromatic N) is 3. The summed E-state index contributed by atoms with van der Waals surface area (Å²) in [4.78, 5) is 25.4. The molecule has 2 aromatic heterocycles.